The van der Waals surface area contributed by atoms with Crippen LogP contribution in [0.2, 0.25) is 0 Å². The maximum absolute atomic E-state index is 4.08. The van der Waals surface area contributed by atoms with Crippen molar-refractivity contribution in [3.8, 4) is 5.69 Å². The van der Waals surface area contributed by atoms with Crippen LogP contribution in [0.1, 0.15) is 44.6 Å². The lowest BCUT2D eigenvalue weighted by atomic mass is 9.83. The molecule has 0 amide bonds. The molecule has 3 heteroatoms. The van der Waals surface area contributed by atoms with Crippen molar-refractivity contribution < 1.29 is 0 Å². The van der Waals surface area contributed by atoms with Gasteiger partial charge in [0.05, 0.1) is 6.33 Å². The summed E-state index contributed by atoms with van der Waals surface area (Å²) in [7, 11) is 0. The Bertz CT molecular complexity index is 522. The zero-order chi connectivity index (χ0) is 13.8. The lowest BCUT2D eigenvalue weighted by Gasteiger charge is -2.34. The lowest BCUT2D eigenvalue weighted by Crippen LogP contribution is -2.43. The molecule has 1 aromatic carbocycles. The van der Waals surface area contributed by atoms with Gasteiger partial charge in [0.25, 0.3) is 0 Å². The molecule has 1 N–H and O–H groups in total. The fraction of sp³-hybridized carbons (Fsp3) is 0.471. The molecule has 3 nitrogen and oxygen atoms in total. The summed E-state index contributed by atoms with van der Waals surface area (Å²) in [6.45, 7) is 3.33. The molecule has 1 aliphatic carbocycles. The highest BCUT2D eigenvalue weighted by Gasteiger charge is 2.25. The molecule has 1 heterocycles. The SMILES string of the molecule is CC1(NCc2ccc(-n3ccnc3)cc2)CCCCC1. The van der Waals surface area contributed by atoms with Gasteiger partial charge in [-0.25, -0.2) is 4.98 Å². The quantitative estimate of drug-likeness (QED) is 0.917. The van der Waals surface area contributed by atoms with Gasteiger partial charge in [0.15, 0.2) is 0 Å². The van der Waals surface area contributed by atoms with Crippen LogP contribution in [0.3, 0.4) is 0 Å². The first-order valence-electron chi connectivity index (χ1n) is 7.58. The van der Waals surface area contributed by atoms with Crippen molar-refractivity contribution in [3.63, 3.8) is 0 Å². The van der Waals surface area contributed by atoms with Gasteiger partial charge in [0, 0.05) is 30.2 Å². The van der Waals surface area contributed by atoms with Crippen LogP contribution in [0, 0.1) is 0 Å². The van der Waals surface area contributed by atoms with E-state index in [-0.39, 0.29) is 0 Å². The van der Waals surface area contributed by atoms with Gasteiger partial charge in [-0.3, -0.25) is 0 Å². The summed E-state index contributed by atoms with van der Waals surface area (Å²) in [6.07, 6.45) is 12.3. The van der Waals surface area contributed by atoms with Crippen molar-refractivity contribution >= 4 is 0 Å². The average Bonchev–Trinajstić information content (AvgIpc) is 3.01. The molecule has 106 valence electrons. The van der Waals surface area contributed by atoms with E-state index in [4.69, 9.17) is 0 Å². The first kappa shape index (κ1) is 13.4. The Morgan fingerprint density at radius 3 is 2.55 bits per heavy atom. The van der Waals surface area contributed by atoms with E-state index in [0.29, 0.717) is 5.54 Å². The molecule has 0 atom stereocenters. The van der Waals surface area contributed by atoms with Crippen LogP contribution in [-0.2, 0) is 6.54 Å². The zero-order valence-corrected chi connectivity index (χ0v) is 12.2. The largest absolute Gasteiger partial charge is 0.307 e. The van der Waals surface area contributed by atoms with E-state index >= 15 is 0 Å². The number of benzene rings is 1. The van der Waals surface area contributed by atoms with E-state index in [1.54, 1.807) is 6.20 Å². The monoisotopic (exact) mass is 269 g/mol. The number of nitrogens with one attached hydrogen (secondary N) is 1. The predicted molar refractivity (Wildman–Crippen MR) is 81.9 cm³/mol. The standard InChI is InChI=1S/C17H23N3/c1-17(9-3-2-4-10-17)19-13-15-5-7-16(8-6-15)20-12-11-18-14-20/h5-8,11-12,14,19H,2-4,9-10,13H2,1H3. The van der Waals surface area contributed by atoms with Gasteiger partial charge in [-0.05, 0) is 37.5 Å². The Labute approximate surface area is 121 Å². The van der Waals surface area contributed by atoms with Crippen LogP contribution in [0.25, 0.3) is 5.69 Å². The van der Waals surface area contributed by atoms with Crippen molar-refractivity contribution in [2.45, 2.75) is 51.1 Å². The minimum atomic E-state index is 0.335. The molecule has 3 rings (SSSR count). The van der Waals surface area contributed by atoms with E-state index in [0.717, 1.165) is 12.2 Å². The van der Waals surface area contributed by atoms with E-state index in [2.05, 4.69) is 41.5 Å². The van der Waals surface area contributed by atoms with Crippen LogP contribution in [0.15, 0.2) is 43.0 Å². The highest BCUT2D eigenvalue weighted by atomic mass is 15.0. The number of imidazole rings is 1. The first-order chi connectivity index (χ1) is 9.75. The molecule has 0 radical (unpaired) electrons. The molecular weight excluding hydrogens is 246 g/mol. The highest BCUT2D eigenvalue weighted by molar-refractivity contribution is 5.34. The van der Waals surface area contributed by atoms with Gasteiger partial charge < -0.3 is 9.88 Å². The van der Waals surface area contributed by atoms with Crippen molar-refractivity contribution in [2.75, 3.05) is 0 Å². The van der Waals surface area contributed by atoms with Crippen LogP contribution in [0.5, 0.6) is 0 Å². The fourth-order valence-corrected chi connectivity index (χ4v) is 3.02. The number of hydrogen-bond donors (Lipinski definition) is 1. The third kappa shape index (κ3) is 3.10. The third-order valence-electron chi connectivity index (χ3n) is 4.42. The molecule has 0 bridgehead atoms. The van der Waals surface area contributed by atoms with Crippen LogP contribution < -0.4 is 5.32 Å². The molecular formula is C17H23N3. The van der Waals surface area contributed by atoms with E-state index in [1.165, 1.54) is 37.7 Å². The van der Waals surface area contributed by atoms with Crippen molar-refractivity contribution in [1.82, 2.24) is 14.9 Å². The number of rotatable bonds is 4. The normalized spacial score (nSPS) is 18.1. The lowest BCUT2D eigenvalue weighted by molar-refractivity contribution is 0.252. The van der Waals surface area contributed by atoms with Crippen molar-refractivity contribution in [3.05, 3.63) is 48.5 Å². The Morgan fingerprint density at radius 1 is 1.15 bits per heavy atom. The molecule has 2 aromatic rings. The molecule has 0 spiro atoms. The number of nitrogens with zero attached hydrogens (tertiary/aromatic N) is 2. The van der Waals surface area contributed by atoms with Gasteiger partial charge in [0.1, 0.15) is 0 Å². The summed E-state index contributed by atoms with van der Waals surface area (Å²) in [6, 6.07) is 8.72. The Kier molecular flexibility index (Phi) is 3.88. The molecule has 1 fully saturated rings. The van der Waals surface area contributed by atoms with Gasteiger partial charge in [-0.15, -0.1) is 0 Å². The number of hydrogen-bond acceptors (Lipinski definition) is 2. The zero-order valence-electron chi connectivity index (χ0n) is 12.2. The fourth-order valence-electron chi connectivity index (χ4n) is 3.02. The molecule has 0 saturated heterocycles. The number of aromatic nitrogens is 2. The first-order valence-corrected chi connectivity index (χ1v) is 7.58. The van der Waals surface area contributed by atoms with Crippen LogP contribution in [-0.4, -0.2) is 15.1 Å². The second-order valence-corrected chi connectivity index (χ2v) is 6.11. The van der Waals surface area contributed by atoms with Gasteiger partial charge in [0.2, 0.25) is 0 Å². The third-order valence-corrected chi connectivity index (χ3v) is 4.42. The van der Waals surface area contributed by atoms with Gasteiger partial charge in [-0.1, -0.05) is 31.4 Å². The summed E-state index contributed by atoms with van der Waals surface area (Å²) in [5.41, 5.74) is 2.84. The Morgan fingerprint density at radius 2 is 1.90 bits per heavy atom. The van der Waals surface area contributed by atoms with Gasteiger partial charge >= 0.3 is 0 Å². The summed E-state index contributed by atoms with van der Waals surface area (Å²) in [4.78, 5) is 4.08. The molecule has 20 heavy (non-hydrogen) atoms. The molecule has 1 saturated carbocycles. The van der Waals surface area contributed by atoms with Gasteiger partial charge in [-0.2, -0.15) is 0 Å². The summed E-state index contributed by atoms with van der Waals surface area (Å²) in [5, 5.41) is 3.75. The summed E-state index contributed by atoms with van der Waals surface area (Å²) < 4.78 is 2.03. The Hall–Kier alpha value is -1.61. The van der Waals surface area contributed by atoms with E-state index in [1.807, 2.05) is 17.1 Å². The molecule has 0 unspecified atom stereocenters. The minimum Gasteiger partial charge on any atom is -0.307 e. The Balaban J connectivity index is 1.61. The summed E-state index contributed by atoms with van der Waals surface area (Å²) >= 11 is 0. The molecule has 1 aromatic heterocycles. The maximum atomic E-state index is 4.08. The summed E-state index contributed by atoms with van der Waals surface area (Å²) in [5.74, 6) is 0. The van der Waals surface area contributed by atoms with E-state index in [9.17, 15) is 0 Å². The smallest absolute Gasteiger partial charge is 0.0991 e. The molecule has 0 aliphatic heterocycles. The minimum absolute atomic E-state index is 0.335. The second-order valence-electron chi connectivity index (χ2n) is 6.11. The maximum Gasteiger partial charge on any atom is 0.0991 e. The van der Waals surface area contributed by atoms with E-state index < -0.39 is 0 Å². The van der Waals surface area contributed by atoms with Crippen molar-refractivity contribution in [1.29, 1.82) is 0 Å². The molecule has 1 aliphatic rings. The average molecular weight is 269 g/mol. The van der Waals surface area contributed by atoms with Crippen molar-refractivity contribution in [2.24, 2.45) is 0 Å². The topological polar surface area (TPSA) is 29.9 Å². The van der Waals surface area contributed by atoms with Crippen LogP contribution >= 0.6 is 0 Å². The van der Waals surface area contributed by atoms with Crippen LogP contribution in [0.4, 0.5) is 0 Å². The second kappa shape index (κ2) is 5.80. The highest BCUT2D eigenvalue weighted by Crippen LogP contribution is 2.27. The predicted octanol–water partition coefficient (Wildman–Crippen LogP) is 3.68.